The standard InChI is InChI=1S/C23H28N2O/c1-2-21(15-9-3-4-12-18-24)23(26)25(22-16-10-6-11-17-22)19-20-13-7-5-8-14-20/h5-8,10-11,13-14,16-17,21H,2-4,9,12,15,19H2,1H3/t21-/m1/s1. The van der Waals surface area contributed by atoms with Crippen molar-refractivity contribution >= 4 is 11.6 Å². The number of rotatable bonds is 10. The highest BCUT2D eigenvalue weighted by Gasteiger charge is 2.24. The van der Waals surface area contributed by atoms with Crippen molar-refractivity contribution in [2.24, 2.45) is 5.92 Å². The summed E-state index contributed by atoms with van der Waals surface area (Å²) < 4.78 is 0. The molecule has 0 N–H and O–H groups in total. The van der Waals surface area contributed by atoms with Crippen molar-refractivity contribution < 1.29 is 4.79 Å². The largest absolute Gasteiger partial charge is 0.308 e. The van der Waals surface area contributed by atoms with E-state index in [0.29, 0.717) is 13.0 Å². The van der Waals surface area contributed by atoms with Crippen LogP contribution in [0.25, 0.3) is 0 Å². The number of anilines is 1. The minimum atomic E-state index is 0.0287. The molecule has 0 aliphatic heterocycles. The first-order valence-electron chi connectivity index (χ1n) is 9.53. The summed E-state index contributed by atoms with van der Waals surface area (Å²) >= 11 is 0. The highest BCUT2D eigenvalue weighted by atomic mass is 16.2. The number of nitrogens with zero attached hydrogens (tertiary/aromatic N) is 2. The Kier molecular flexibility index (Phi) is 8.42. The second kappa shape index (κ2) is 11.1. The smallest absolute Gasteiger partial charge is 0.230 e. The highest BCUT2D eigenvalue weighted by Crippen LogP contribution is 2.24. The van der Waals surface area contributed by atoms with Crippen molar-refractivity contribution in [3.63, 3.8) is 0 Å². The molecule has 0 radical (unpaired) electrons. The van der Waals surface area contributed by atoms with Gasteiger partial charge in [-0.1, -0.05) is 68.3 Å². The van der Waals surface area contributed by atoms with Crippen LogP contribution in [0.1, 0.15) is 51.0 Å². The third kappa shape index (κ3) is 6.04. The topological polar surface area (TPSA) is 44.1 Å². The average Bonchev–Trinajstić information content (AvgIpc) is 2.70. The van der Waals surface area contributed by atoms with Crippen molar-refractivity contribution in [1.29, 1.82) is 5.26 Å². The van der Waals surface area contributed by atoms with Gasteiger partial charge in [0.1, 0.15) is 0 Å². The van der Waals surface area contributed by atoms with Gasteiger partial charge in [0.25, 0.3) is 0 Å². The second-order valence-electron chi connectivity index (χ2n) is 6.61. The third-order valence-corrected chi connectivity index (χ3v) is 4.70. The summed E-state index contributed by atoms with van der Waals surface area (Å²) in [4.78, 5) is 15.2. The average molecular weight is 348 g/mol. The third-order valence-electron chi connectivity index (χ3n) is 4.70. The molecule has 3 heteroatoms. The molecule has 1 amide bonds. The van der Waals surface area contributed by atoms with E-state index in [4.69, 9.17) is 5.26 Å². The number of benzene rings is 2. The molecule has 0 aliphatic carbocycles. The van der Waals surface area contributed by atoms with Crippen LogP contribution >= 0.6 is 0 Å². The van der Waals surface area contributed by atoms with Gasteiger partial charge in [0, 0.05) is 18.0 Å². The van der Waals surface area contributed by atoms with Crippen LogP contribution in [-0.4, -0.2) is 5.91 Å². The summed E-state index contributed by atoms with van der Waals surface area (Å²) in [7, 11) is 0. The fraction of sp³-hybridized carbons (Fsp3) is 0.391. The zero-order valence-electron chi connectivity index (χ0n) is 15.6. The maximum Gasteiger partial charge on any atom is 0.230 e. The number of hydrogen-bond acceptors (Lipinski definition) is 2. The quantitative estimate of drug-likeness (QED) is 0.515. The molecule has 0 saturated heterocycles. The van der Waals surface area contributed by atoms with Gasteiger partial charge in [0.15, 0.2) is 0 Å². The molecular weight excluding hydrogens is 320 g/mol. The highest BCUT2D eigenvalue weighted by molar-refractivity contribution is 5.94. The SMILES string of the molecule is CC[C@H](CCCCCC#N)C(=O)N(Cc1ccccc1)c1ccccc1. The lowest BCUT2D eigenvalue weighted by molar-refractivity contribution is -0.122. The van der Waals surface area contributed by atoms with Crippen molar-refractivity contribution in [2.75, 3.05) is 4.90 Å². The summed E-state index contributed by atoms with van der Waals surface area (Å²) in [6, 6.07) is 22.2. The molecule has 0 bridgehead atoms. The number of para-hydroxylation sites is 1. The first kappa shape index (κ1) is 19.7. The van der Waals surface area contributed by atoms with Crippen LogP contribution in [0.5, 0.6) is 0 Å². The lowest BCUT2D eigenvalue weighted by Gasteiger charge is -2.27. The van der Waals surface area contributed by atoms with Crippen molar-refractivity contribution in [2.45, 2.75) is 52.0 Å². The Hall–Kier alpha value is -2.60. The van der Waals surface area contributed by atoms with Crippen molar-refractivity contribution in [3.05, 3.63) is 66.2 Å². The van der Waals surface area contributed by atoms with E-state index in [2.05, 4.69) is 25.1 Å². The van der Waals surface area contributed by atoms with Gasteiger partial charge in [-0.05, 0) is 37.0 Å². The Bertz CT molecular complexity index is 691. The molecule has 0 fully saturated rings. The van der Waals surface area contributed by atoms with Crippen molar-refractivity contribution in [1.82, 2.24) is 0 Å². The molecule has 0 saturated carbocycles. The van der Waals surface area contributed by atoms with E-state index in [1.165, 1.54) is 0 Å². The van der Waals surface area contributed by atoms with Crippen LogP contribution in [-0.2, 0) is 11.3 Å². The summed E-state index contributed by atoms with van der Waals surface area (Å²) in [5.74, 6) is 0.226. The molecule has 0 spiro atoms. The fourth-order valence-electron chi connectivity index (χ4n) is 3.16. The molecule has 3 nitrogen and oxygen atoms in total. The number of carbonyl (C=O) groups excluding carboxylic acids is 1. The predicted octanol–water partition coefficient (Wildman–Crippen LogP) is 5.72. The Morgan fingerprint density at radius 3 is 2.27 bits per heavy atom. The zero-order chi connectivity index (χ0) is 18.6. The van der Waals surface area contributed by atoms with Crippen LogP contribution in [0.4, 0.5) is 5.69 Å². The van der Waals surface area contributed by atoms with Gasteiger partial charge < -0.3 is 4.90 Å². The molecule has 2 aromatic carbocycles. The molecule has 0 heterocycles. The van der Waals surface area contributed by atoms with Crippen LogP contribution in [0.3, 0.4) is 0 Å². The van der Waals surface area contributed by atoms with Crippen LogP contribution < -0.4 is 4.90 Å². The Morgan fingerprint density at radius 2 is 1.65 bits per heavy atom. The van der Waals surface area contributed by atoms with Gasteiger partial charge >= 0.3 is 0 Å². The monoisotopic (exact) mass is 348 g/mol. The number of amides is 1. The predicted molar refractivity (Wildman–Crippen MR) is 107 cm³/mol. The van der Waals surface area contributed by atoms with Gasteiger partial charge in [0.2, 0.25) is 5.91 Å². The molecule has 2 rings (SSSR count). The second-order valence-corrected chi connectivity index (χ2v) is 6.61. The summed E-state index contributed by atoms with van der Waals surface area (Å²) in [6.45, 7) is 2.68. The number of hydrogen-bond donors (Lipinski definition) is 0. The number of nitriles is 1. The van der Waals surface area contributed by atoms with Gasteiger partial charge in [-0.2, -0.15) is 5.26 Å². The van der Waals surface area contributed by atoms with E-state index >= 15 is 0 Å². The lowest BCUT2D eigenvalue weighted by atomic mass is 9.96. The Morgan fingerprint density at radius 1 is 1.00 bits per heavy atom. The molecule has 0 aromatic heterocycles. The summed E-state index contributed by atoms with van der Waals surface area (Å²) in [6.07, 6.45) is 5.28. The normalized spacial score (nSPS) is 11.5. The van der Waals surface area contributed by atoms with Crippen LogP contribution in [0.15, 0.2) is 60.7 Å². The molecule has 1 atom stereocenters. The molecule has 26 heavy (non-hydrogen) atoms. The Balaban J connectivity index is 2.09. The first-order chi connectivity index (χ1) is 12.8. The van der Waals surface area contributed by atoms with E-state index in [1.807, 2.05) is 53.4 Å². The zero-order valence-corrected chi connectivity index (χ0v) is 15.6. The summed E-state index contributed by atoms with van der Waals surface area (Å²) in [5, 5.41) is 8.64. The molecule has 0 unspecified atom stereocenters. The maximum absolute atomic E-state index is 13.3. The Labute approximate surface area is 157 Å². The summed E-state index contributed by atoms with van der Waals surface area (Å²) in [5.41, 5.74) is 2.08. The molecule has 0 aliphatic rings. The molecule has 2 aromatic rings. The lowest BCUT2D eigenvalue weighted by Crippen LogP contribution is -2.35. The molecule has 136 valence electrons. The fourth-order valence-corrected chi connectivity index (χ4v) is 3.16. The number of carbonyl (C=O) groups is 1. The minimum absolute atomic E-state index is 0.0287. The van der Waals surface area contributed by atoms with E-state index in [0.717, 1.165) is 43.4 Å². The van der Waals surface area contributed by atoms with Gasteiger partial charge in [0.05, 0.1) is 12.6 Å². The first-order valence-corrected chi connectivity index (χ1v) is 9.53. The minimum Gasteiger partial charge on any atom is -0.308 e. The van der Waals surface area contributed by atoms with Crippen LogP contribution in [0, 0.1) is 17.2 Å². The maximum atomic E-state index is 13.3. The molecular formula is C23H28N2O. The van der Waals surface area contributed by atoms with Gasteiger partial charge in [-0.3, -0.25) is 4.79 Å². The number of unbranched alkanes of at least 4 members (excludes halogenated alkanes) is 3. The van der Waals surface area contributed by atoms with E-state index in [9.17, 15) is 4.79 Å². The van der Waals surface area contributed by atoms with E-state index in [-0.39, 0.29) is 11.8 Å². The van der Waals surface area contributed by atoms with Crippen molar-refractivity contribution in [3.8, 4) is 6.07 Å². The van der Waals surface area contributed by atoms with Gasteiger partial charge in [-0.25, -0.2) is 0 Å². The van der Waals surface area contributed by atoms with E-state index in [1.54, 1.807) is 0 Å². The van der Waals surface area contributed by atoms with Crippen LogP contribution in [0.2, 0.25) is 0 Å². The van der Waals surface area contributed by atoms with E-state index < -0.39 is 0 Å². The van der Waals surface area contributed by atoms with Gasteiger partial charge in [-0.15, -0.1) is 0 Å².